The number of hydrogen-bond donors (Lipinski definition) is 2. The molecule has 0 radical (unpaired) electrons. The molecule has 0 spiro atoms. The van der Waals surface area contributed by atoms with E-state index in [1.807, 2.05) is 42.5 Å². The molecule has 0 aliphatic rings. The molecule has 0 bridgehead atoms. The van der Waals surface area contributed by atoms with Crippen molar-refractivity contribution in [1.82, 2.24) is 5.32 Å². The maximum absolute atomic E-state index is 12.2. The van der Waals surface area contributed by atoms with Crippen molar-refractivity contribution in [1.29, 1.82) is 0 Å². The number of hydrogen-bond acceptors (Lipinski definition) is 3. The van der Waals surface area contributed by atoms with Crippen LogP contribution in [-0.2, 0) is 16.0 Å². The number of carbonyl (C=O) groups is 2. The van der Waals surface area contributed by atoms with E-state index in [1.54, 1.807) is 36.4 Å². The molecule has 2 amide bonds. The molecular weight excluding hydrogens is 376 g/mol. The summed E-state index contributed by atoms with van der Waals surface area (Å²) in [6, 6.07) is 23.5. The Morgan fingerprint density at radius 2 is 1.50 bits per heavy atom. The molecule has 0 heterocycles. The molecule has 3 aromatic rings. The SMILES string of the molecule is O=C(NCCc1ccc(Cl)cc1)C(=O)Nc1ccccc1Oc1ccccc1. The molecule has 3 rings (SSSR count). The predicted molar refractivity (Wildman–Crippen MR) is 110 cm³/mol. The first kappa shape index (κ1) is 19.5. The van der Waals surface area contributed by atoms with Crippen molar-refractivity contribution in [2.24, 2.45) is 0 Å². The number of para-hydroxylation sites is 3. The van der Waals surface area contributed by atoms with Gasteiger partial charge in [0, 0.05) is 11.6 Å². The van der Waals surface area contributed by atoms with E-state index in [0.717, 1.165) is 5.56 Å². The lowest BCUT2D eigenvalue weighted by atomic mass is 10.1. The van der Waals surface area contributed by atoms with E-state index < -0.39 is 11.8 Å². The summed E-state index contributed by atoms with van der Waals surface area (Å²) in [5.74, 6) is -0.365. The van der Waals surface area contributed by atoms with Crippen LogP contribution in [0.3, 0.4) is 0 Å². The lowest BCUT2D eigenvalue weighted by Gasteiger charge is -2.12. The van der Waals surface area contributed by atoms with Crippen LogP contribution >= 0.6 is 11.6 Å². The van der Waals surface area contributed by atoms with Crippen LogP contribution in [0.1, 0.15) is 5.56 Å². The Morgan fingerprint density at radius 3 is 2.25 bits per heavy atom. The van der Waals surface area contributed by atoms with Crippen LogP contribution in [0.15, 0.2) is 78.9 Å². The van der Waals surface area contributed by atoms with Gasteiger partial charge in [0.25, 0.3) is 0 Å². The van der Waals surface area contributed by atoms with Crippen molar-refractivity contribution < 1.29 is 14.3 Å². The smallest absolute Gasteiger partial charge is 0.313 e. The Labute approximate surface area is 168 Å². The van der Waals surface area contributed by atoms with Gasteiger partial charge in [-0.3, -0.25) is 9.59 Å². The highest BCUT2D eigenvalue weighted by Crippen LogP contribution is 2.28. The minimum Gasteiger partial charge on any atom is -0.455 e. The lowest BCUT2D eigenvalue weighted by molar-refractivity contribution is -0.136. The molecule has 0 aliphatic heterocycles. The number of amides is 2. The Balaban J connectivity index is 1.55. The van der Waals surface area contributed by atoms with Crippen LogP contribution < -0.4 is 15.4 Å². The Hall–Kier alpha value is -3.31. The van der Waals surface area contributed by atoms with E-state index in [1.165, 1.54) is 0 Å². The fraction of sp³-hybridized carbons (Fsp3) is 0.0909. The Kier molecular flexibility index (Phi) is 6.65. The van der Waals surface area contributed by atoms with Gasteiger partial charge >= 0.3 is 11.8 Å². The van der Waals surface area contributed by atoms with E-state index in [4.69, 9.17) is 16.3 Å². The van der Waals surface area contributed by atoms with Gasteiger partial charge < -0.3 is 15.4 Å². The second-order valence-corrected chi connectivity index (χ2v) is 6.43. The predicted octanol–water partition coefficient (Wildman–Crippen LogP) is 4.43. The second kappa shape index (κ2) is 9.58. The van der Waals surface area contributed by atoms with Crippen LogP contribution in [0.4, 0.5) is 5.69 Å². The fourth-order valence-corrected chi connectivity index (χ4v) is 2.63. The van der Waals surface area contributed by atoms with Crippen LogP contribution in [-0.4, -0.2) is 18.4 Å². The molecular formula is C22H19ClN2O3. The first-order valence-electron chi connectivity index (χ1n) is 8.77. The molecule has 0 saturated carbocycles. The van der Waals surface area contributed by atoms with Crippen molar-refractivity contribution >= 4 is 29.1 Å². The average Bonchev–Trinajstić information content (AvgIpc) is 2.71. The molecule has 3 aromatic carbocycles. The number of anilines is 1. The standard InChI is InChI=1S/C22H19ClN2O3/c23-17-12-10-16(11-13-17)14-15-24-21(26)22(27)25-19-8-4-5-9-20(19)28-18-6-2-1-3-7-18/h1-13H,14-15H2,(H,24,26)(H,25,27). The molecule has 0 saturated heterocycles. The van der Waals surface area contributed by atoms with Gasteiger partial charge in [0.1, 0.15) is 5.75 Å². The van der Waals surface area contributed by atoms with Gasteiger partial charge in [0.15, 0.2) is 5.75 Å². The number of rotatable bonds is 6. The number of carbonyl (C=O) groups excluding carboxylic acids is 2. The van der Waals surface area contributed by atoms with Crippen LogP contribution in [0.2, 0.25) is 5.02 Å². The zero-order valence-electron chi connectivity index (χ0n) is 15.0. The molecule has 5 nitrogen and oxygen atoms in total. The van der Waals surface area contributed by atoms with Crippen molar-refractivity contribution in [2.75, 3.05) is 11.9 Å². The summed E-state index contributed by atoms with van der Waals surface area (Å²) in [5.41, 5.74) is 1.44. The molecule has 6 heteroatoms. The molecule has 0 aromatic heterocycles. The maximum Gasteiger partial charge on any atom is 0.313 e. The third-order valence-electron chi connectivity index (χ3n) is 3.92. The monoisotopic (exact) mass is 394 g/mol. The number of ether oxygens (including phenoxy) is 1. The Bertz CT molecular complexity index is 944. The quantitative estimate of drug-likeness (QED) is 0.608. The van der Waals surface area contributed by atoms with Crippen LogP contribution in [0.25, 0.3) is 0 Å². The molecule has 0 aliphatic carbocycles. The zero-order chi connectivity index (χ0) is 19.8. The average molecular weight is 395 g/mol. The van der Waals surface area contributed by atoms with Gasteiger partial charge in [-0.2, -0.15) is 0 Å². The third kappa shape index (κ3) is 5.59. The van der Waals surface area contributed by atoms with Gasteiger partial charge in [0.05, 0.1) is 5.69 Å². The van der Waals surface area contributed by atoms with E-state index in [9.17, 15) is 9.59 Å². The van der Waals surface area contributed by atoms with Crippen molar-refractivity contribution in [3.63, 3.8) is 0 Å². The van der Waals surface area contributed by atoms with E-state index >= 15 is 0 Å². The zero-order valence-corrected chi connectivity index (χ0v) is 15.8. The minimum atomic E-state index is -0.750. The minimum absolute atomic E-state index is 0.343. The van der Waals surface area contributed by atoms with E-state index in [-0.39, 0.29) is 0 Å². The number of nitrogens with one attached hydrogen (secondary N) is 2. The first-order valence-corrected chi connectivity index (χ1v) is 9.15. The van der Waals surface area contributed by atoms with Gasteiger partial charge in [-0.05, 0) is 48.4 Å². The number of halogens is 1. The number of benzene rings is 3. The summed E-state index contributed by atoms with van der Waals surface area (Å²) in [4.78, 5) is 24.3. The summed E-state index contributed by atoms with van der Waals surface area (Å²) < 4.78 is 5.78. The molecule has 28 heavy (non-hydrogen) atoms. The topological polar surface area (TPSA) is 67.4 Å². The van der Waals surface area contributed by atoms with Gasteiger partial charge in [-0.25, -0.2) is 0 Å². The molecule has 142 valence electrons. The molecule has 0 fully saturated rings. The largest absolute Gasteiger partial charge is 0.455 e. The summed E-state index contributed by atoms with van der Waals surface area (Å²) in [7, 11) is 0. The van der Waals surface area contributed by atoms with E-state index in [2.05, 4.69) is 10.6 Å². The summed E-state index contributed by atoms with van der Waals surface area (Å²) >= 11 is 5.85. The summed E-state index contributed by atoms with van der Waals surface area (Å²) in [6.07, 6.45) is 0.601. The highest BCUT2D eigenvalue weighted by molar-refractivity contribution is 6.39. The third-order valence-corrected chi connectivity index (χ3v) is 4.18. The summed E-state index contributed by atoms with van der Waals surface area (Å²) in [5, 5.41) is 5.86. The van der Waals surface area contributed by atoms with Crippen LogP contribution in [0, 0.1) is 0 Å². The Morgan fingerprint density at radius 1 is 0.821 bits per heavy atom. The maximum atomic E-state index is 12.2. The van der Waals surface area contributed by atoms with E-state index in [0.29, 0.717) is 35.2 Å². The summed E-state index contributed by atoms with van der Waals surface area (Å²) in [6.45, 7) is 0.343. The molecule has 0 atom stereocenters. The lowest BCUT2D eigenvalue weighted by Crippen LogP contribution is -2.36. The normalized spacial score (nSPS) is 10.2. The van der Waals surface area contributed by atoms with Crippen molar-refractivity contribution in [3.8, 4) is 11.5 Å². The second-order valence-electron chi connectivity index (χ2n) is 6.00. The fourth-order valence-electron chi connectivity index (χ4n) is 2.51. The first-order chi connectivity index (χ1) is 13.6. The van der Waals surface area contributed by atoms with Gasteiger partial charge in [-0.15, -0.1) is 0 Å². The van der Waals surface area contributed by atoms with Gasteiger partial charge in [-0.1, -0.05) is 54.1 Å². The van der Waals surface area contributed by atoms with Crippen molar-refractivity contribution in [2.45, 2.75) is 6.42 Å². The highest BCUT2D eigenvalue weighted by Gasteiger charge is 2.15. The highest BCUT2D eigenvalue weighted by atomic mass is 35.5. The van der Waals surface area contributed by atoms with Crippen LogP contribution in [0.5, 0.6) is 11.5 Å². The van der Waals surface area contributed by atoms with Crippen molar-refractivity contribution in [3.05, 3.63) is 89.4 Å². The molecule has 0 unspecified atom stereocenters. The van der Waals surface area contributed by atoms with Gasteiger partial charge in [0.2, 0.25) is 0 Å². The molecule has 2 N–H and O–H groups in total.